The van der Waals surface area contributed by atoms with Gasteiger partial charge in [-0.05, 0) is 37.7 Å². The predicted octanol–water partition coefficient (Wildman–Crippen LogP) is 3.81. The summed E-state index contributed by atoms with van der Waals surface area (Å²) in [5, 5.41) is 2.95. The number of hydrogen-bond donors (Lipinski definition) is 1. The molecule has 1 aromatic carbocycles. The van der Waals surface area contributed by atoms with Crippen molar-refractivity contribution in [1.82, 2.24) is 5.32 Å². The van der Waals surface area contributed by atoms with Crippen LogP contribution in [0.5, 0.6) is 0 Å². The number of amides is 1. The largest absolute Gasteiger partial charge is 0.446 e. The molecule has 1 atom stereocenters. The third kappa shape index (κ3) is 3.49. The summed E-state index contributed by atoms with van der Waals surface area (Å²) in [7, 11) is 0. The molecule has 0 radical (unpaired) electrons. The number of benzene rings is 1. The molecule has 1 saturated carbocycles. The molecule has 1 amide bonds. The van der Waals surface area contributed by atoms with E-state index in [-0.39, 0.29) is 18.2 Å². The van der Waals surface area contributed by atoms with Gasteiger partial charge in [0.2, 0.25) is 0 Å². The van der Waals surface area contributed by atoms with Crippen LogP contribution in [0.2, 0.25) is 0 Å². The molecule has 0 saturated heterocycles. The molecule has 0 heterocycles. The molecule has 1 aliphatic carbocycles. The minimum atomic E-state index is -0.280. The van der Waals surface area contributed by atoms with Gasteiger partial charge in [-0.2, -0.15) is 0 Å². The molecule has 0 aliphatic heterocycles. The van der Waals surface area contributed by atoms with Crippen molar-refractivity contribution in [3.05, 3.63) is 35.9 Å². The highest BCUT2D eigenvalue weighted by atomic mass is 16.6. The summed E-state index contributed by atoms with van der Waals surface area (Å²) in [4.78, 5) is 11.8. The van der Waals surface area contributed by atoms with E-state index in [2.05, 4.69) is 12.2 Å². The fourth-order valence-corrected chi connectivity index (χ4v) is 2.44. The van der Waals surface area contributed by atoms with E-state index in [4.69, 9.17) is 4.74 Å². The molecule has 1 fully saturated rings. The fraction of sp³-hybridized carbons (Fsp3) is 0.533. The molecule has 1 unspecified atom stereocenters. The molecule has 1 aliphatic rings. The first-order chi connectivity index (χ1) is 8.79. The number of alkyl carbamates (subject to hydrolysis) is 1. The van der Waals surface area contributed by atoms with Crippen molar-refractivity contribution in [2.45, 2.75) is 51.2 Å². The van der Waals surface area contributed by atoms with E-state index in [1.807, 2.05) is 30.3 Å². The Morgan fingerprint density at radius 3 is 2.61 bits per heavy atom. The molecular weight excluding hydrogens is 226 g/mol. The number of ether oxygens (including phenoxy) is 1. The Hall–Kier alpha value is -1.51. The highest BCUT2D eigenvalue weighted by molar-refractivity contribution is 5.68. The van der Waals surface area contributed by atoms with Gasteiger partial charge in [-0.15, -0.1) is 0 Å². The van der Waals surface area contributed by atoms with Crippen molar-refractivity contribution in [3.63, 3.8) is 0 Å². The Morgan fingerprint density at radius 2 is 2.00 bits per heavy atom. The second-order valence-electron chi connectivity index (χ2n) is 4.83. The second kappa shape index (κ2) is 6.43. The molecule has 1 aromatic rings. The zero-order chi connectivity index (χ0) is 12.8. The first-order valence-corrected chi connectivity index (χ1v) is 6.81. The fourth-order valence-electron chi connectivity index (χ4n) is 2.44. The summed E-state index contributed by atoms with van der Waals surface area (Å²) in [6, 6.07) is 10.1. The van der Waals surface area contributed by atoms with Crippen LogP contribution < -0.4 is 5.32 Å². The van der Waals surface area contributed by atoms with Crippen LogP contribution in [0.4, 0.5) is 4.79 Å². The Morgan fingerprint density at radius 1 is 1.33 bits per heavy atom. The van der Waals surface area contributed by atoms with Crippen LogP contribution in [0, 0.1) is 0 Å². The van der Waals surface area contributed by atoms with Gasteiger partial charge in [-0.1, -0.05) is 37.3 Å². The van der Waals surface area contributed by atoms with Gasteiger partial charge in [0.05, 0.1) is 6.04 Å². The zero-order valence-electron chi connectivity index (χ0n) is 10.9. The quantitative estimate of drug-likeness (QED) is 0.878. The van der Waals surface area contributed by atoms with Crippen molar-refractivity contribution >= 4 is 6.09 Å². The molecule has 2 rings (SSSR count). The number of rotatable bonds is 4. The summed E-state index contributed by atoms with van der Waals surface area (Å²) in [6.07, 6.45) is 5.08. The van der Waals surface area contributed by atoms with Crippen molar-refractivity contribution in [2.75, 3.05) is 0 Å². The van der Waals surface area contributed by atoms with Crippen molar-refractivity contribution in [2.24, 2.45) is 0 Å². The van der Waals surface area contributed by atoms with Crippen LogP contribution in [-0.4, -0.2) is 12.2 Å². The molecule has 98 valence electrons. The van der Waals surface area contributed by atoms with Crippen LogP contribution >= 0.6 is 0 Å². The van der Waals surface area contributed by atoms with Gasteiger partial charge in [0.15, 0.2) is 0 Å². The van der Waals surface area contributed by atoms with E-state index in [0.717, 1.165) is 24.8 Å². The van der Waals surface area contributed by atoms with E-state index in [1.165, 1.54) is 12.8 Å². The first-order valence-electron chi connectivity index (χ1n) is 6.81. The van der Waals surface area contributed by atoms with Gasteiger partial charge in [0, 0.05) is 0 Å². The highest BCUT2D eigenvalue weighted by Crippen LogP contribution is 2.22. The van der Waals surface area contributed by atoms with Crippen LogP contribution in [0.3, 0.4) is 0 Å². The van der Waals surface area contributed by atoms with Crippen LogP contribution in [0.15, 0.2) is 30.3 Å². The van der Waals surface area contributed by atoms with E-state index < -0.39 is 0 Å². The third-order valence-electron chi connectivity index (χ3n) is 3.48. The molecule has 3 heteroatoms. The number of nitrogens with one attached hydrogen (secondary N) is 1. The molecule has 0 spiro atoms. The maximum Gasteiger partial charge on any atom is 0.407 e. The van der Waals surface area contributed by atoms with Crippen molar-refractivity contribution in [1.29, 1.82) is 0 Å². The lowest BCUT2D eigenvalue weighted by Gasteiger charge is -2.19. The van der Waals surface area contributed by atoms with E-state index >= 15 is 0 Å². The lowest BCUT2D eigenvalue weighted by atomic mass is 10.1. The van der Waals surface area contributed by atoms with Gasteiger partial charge in [-0.25, -0.2) is 4.79 Å². The molecule has 0 bridgehead atoms. The number of carbonyl (C=O) groups is 1. The predicted molar refractivity (Wildman–Crippen MR) is 71.3 cm³/mol. The van der Waals surface area contributed by atoms with Gasteiger partial charge in [0.1, 0.15) is 6.10 Å². The minimum Gasteiger partial charge on any atom is -0.446 e. The minimum absolute atomic E-state index is 0.0418. The first kappa shape index (κ1) is 12.9. The number of carbonyl (C=O) groups excluding carboxylic acids is 1. The van der Waals surface area contributed by atoms with Crippen molar-refractivity contribution in [3.8, 4) is 0 Å². The summed E-state index contributed by atoms with van der Waals surface area (Å²) in [5.41, 5.74) is 1.13. The van der Waals surface area contributed by atoms with Gasteiger partial charge >= 0.3 is 6.09 Å². The Kier molecular flexibility index (Phi) is 4.62. The van der Waals surface area contributed by atoms with Gasteiger partial charge < -0.3 is 10.1 Å². The monoisotopic (exact) mass is 247 g/mol. The molecule has 3 nitrogen and oxygen atoms in total. The average molecular weight is 247 g/mol. The molecule has 0 aromatic heterocycles. The Labute approximate surface area is 109 Å². The summed E-state index contributed by atoms with van der Waals surface area (Å²) in [6.45, 7) is 2.06. The normalized spacial score (nSPS) is 17.4. The summed E-state index contributed by atoms with van der Waals surface area (Å²) >= 11 is 0. The average Bonchev–Trinajstić information content (AvgIpc) is 2.90. The third-order valence-corrected chi connectivity index (χ3v) is 3.48. The van der Waals surface area contributed by atoms with Crippen molar-refractivity contribution < 1.29 is 9.53 Å². The Balaban J connectivity index is 1.87. The number of hydrogen-bond acceptors (Lipinski definition) is 2. The summed E-state index contributed by atoms with van der Waals surface area (Å²) in [5.74, 6) is 0. The standard InChI is InChI=1S/C15H21NO2/c1-2-14(12-8-4-3-5-9-12)16-15(17)18-13-10-6-7-11-13/h3-5,8-9,13-14H,2,6-7,10-11H2,1H3,(H,16,17). The second-order valence-corrected chi connectivity index (χ2v) is 4.83. The summed E-state index contributed by atoms with van der Waals surface area (Å²) < 4.78 is 5.42. The maximum absolute atomic E-state index is 11.8. The van der Waals surface area contributed by atoms with Gasteiger partial charge in [-0.3, -0.25) is 0 Å². The van der Waals surface area contributed by atoms with Crippen LogP contribution in [0.25, 0.3) is 0 Å². The van der Waals surface area contributed by atoms with Crippen LogP contribution in [0.1, 0.15) is 50.6 Å². The van der Waals surface area contributed by atoms with E-state index in [9.17, 15) is 4.79 Å². The molecule has 1 N–H and O–H groups in total. The maximum atomic E-state index is 11.8. The van der Waals surface area contributed by atoms with E-state index in [0.29, 0.717) is 0 Å². The highest BCUT2D eigenvalue weighted by Gasteiger charge is 2.20. The lowest BCUT2D eigenvalue weighted by molar-refractivity contribution is 0.0975. The smallest absolute Gasteiger partial charge is 0.407 e. The molecular formula is C15H21NO2. The molecule has 18 heavy (non-hydrogen) atoms. The topological polar surface area (TPSA) is 38.3 Å². The van der Waals surface area contributed by atoms with Crippen LogP contribution in [-0.2, 0) is 4.74 Å². The SMILES string of the molecule is CCC(NC(=O)OC1CCCC1)c1ccccc1. The lowest BCUT2D eigenvalue weighted by Crippen LogP contribution is -2.31. The van der Waals surface area contributed by atoms with Gasteiger partial charge in [0.25, 0.3) is 0 Å². The van der Waals surface area contributed by atoms with E-state index in [1.54, 1.807) is 0 Å². The zero-order valence-corrected chi connectivity index (χ0v) is 10.9. The Bertz CT molecular complexity index is 371.